The van der Waals surface area contributed by atoms with E-state index in [0.29, 0.717) is 18.7 Å². The van der Waals surface area contributed by atoms with Gasteiger partial charge in [0.05, 0.1) is 4.90 Å². The number of sulfonamides is 1. The van der Waals surface area contributed by atoms with Crippen molar-refractivity contribution >= 4 is 15.9 Å². The van der Waals surface area contributed by atoms with Crippen molar-refractivity contribution in [3.05, 3.63) is 29.8 Å². The molecule has 0 spiro atoms. The largest absolute Gasteiger partial charge is 0.349 e. The number of carbonyl (C=O) groups excluding carboxylic acids is 1. The van der Waals surface area contributed by atoms with Gasteiger partial charge >= 0.3 is 0 Å². The van der Waals surface area contributed by atoms with Crippen LogP contribution in [0.15, 0.2) is 29.2 Å². The predicted molar refractivity (Wildman–Crippen MR) is 103 cm³/mol. The first kappa shape index (κ1) is 19.4. The molecule has 0 atom stereocenters. The average Bonchev–Trinajstić information content (AvgIpc) is 2.64. The first-order valence-electron chi connectivity index (χ1n) is 9.98. The summed E-state index contributed by atoms with van der Waals surface area (Å²) in [6.07, 6.45) is 11.1. The molecule has 0 aromatic heterocycles. The molecule has 3 rings (SSSR count). The molecule has 0 unspecified atom stereocenters. The van der Waals surface area contributed by atoms with E-state index in [2.05, 4.69) is 5.32 Å². The predicted octanol–water partition coefficient (Wildman–Crippen LogP) is 3.70. The number of hydrogen-bond acceptors (Lipinski definition) is 3. The molecule has 1 saturated carbocycles. The van der Waals surface area contributed by atoms with E-state index in [1.54, 1.807) is 28.6 Å². The van der Waals surface area contributed by atoms with Crippen molar-refractivity contribution in [1.82, 2.24) is 9.62 Å². The summed E-state index contributed by atoms with van der Waals surface area (Å²) in [5.74, 6) is -0.0995. The molecule has 1 aromatic carbocycles. The fourth-order valence-corrected chi connectivity index (χ4v) is 5.42. The molecule has 1 aliphatic carbocycles. The van der Waals surface area contributed by atoms with Crippen LogP contribution in [0, 0.1) is 0 Å². The number of hydrogen-bond donors (Lipinski definition) is 1. The Morgan fingerprint density at radius 1 is 0.846 bits per heavy atom. The van der Waals surface area contributed by atoms with Crippen molar-refractivity contribution in [2.24, 2.45) is 0 Å². The summed E-state index contributed by atoms with van der Waals surface area (Å²) in [5.41, 5.74) is 0.532. The topological polar surface area (TPSA) is 66.5 Å². The fourth-order valence-electron chi connectivity index (χ4n) is 3.90. The number of rotatable bonds is 4. The third-order valence-electron chi connectivity index (χ3n) is 5.51. The minimum absolute atomic E-state index is 0.0995. The molecule has 2 aliphatic rings. The maximum atomic E-state index is 12.7. The zero-order chi connectivity index (χ0) is 18.4. The first-order valence-corrected chi connectivity index (χ1v) is 11.4. The minimum Gasteiger partial charge on any atom is -0.349 e. The fraction of sp³-hybridized carbons (Fsp3) is 0.650. The highest BCUT2D eigenvalue weighted by atomic mass is 32.2. The van der Waals surface area contributed by atoms with E-state index in [9.17, 15) is 13.2 Å². The van der Waals surface area contributed by atoms with Gasteiger partial charge in [0.1, 0.15) is 0 Å². The summed E-state index contributed by atoms with van der Waals surface area (Å²) in [6.45, 7) is 1.18. The van der Waals surface area contributed by atoms with Crippen molar-refractivity contribution in [3.8, 4) is 0 Å². The summed E-state index contributed by atoms with van der Waals surface area (Å²) in [7, 11) is -3.44. The van der Waals surface area contributed by atoms with E-state index < -0.39 is 10.0 Å². The standard InChI is InChI=1S/C20H30N2O3S/c23-20(21-18-9-5-2-1-3-6-10-18)17-11-13-19(14-12-17)26(24,25)22-15-7-4-8-16-22/h11-14,18H,1-10,15-16H2,(H,21,23). The number of benzene rings is 1. The second kappa shape index (κ2) is 9.00. The third-order valence-corrected chi connectivity index (χ3v) is 7.42. The van der Waals surface area contributed by atoms with Crippen molar-refractivity contribution in [2.75, 3.05) is 13.1 Å². The van der Waals surface area contributed by atoms with Gasteiger partial charge in [-0.2, -0.15) is 4.31 Å². The van der Waals surface area contributed by atoms with Gasteiger partial charge in [-0.05, 0) is 49.9 Å². The lowest BCUT2D eigenvalue weighted by atomic mass is 9.96. The van der Waals surface area contributed by atoms with Gasteiger partial charge in [0.2, 0.25) is 10.0 Å². The Labute approximate surface area is 157 Å². The van der Waals surface area contributed by atoms with E-state index in [1.807, 2.05) is 0 Å². The Bertz CT molecular complexity index is 686. The Balaban J connectivity index is 1.63. The number of nitrogens with one attached hydrogen (secondary N) is 1. The van der Waals surface area contributed by atoms with Crippen LogP contribution in [0.25, 0.3) is 0 Å². The summed E-state index contributed by atoms with van der Waals surface area (Å²) >= 11 is 0. The normalized spacial score (nSPS) is 20.9. The summed E-state index contributed by atoms with van der Waals surface area (Å²) in [5, 5.41) is 3.13. The molecule has 0 radical (unpaired) electrons. The second-order valence-corrected chi connectivity index (χ2v) is 9.44. The van der Waals surface area contributed by atoms with E-state index in [4.69, 9.17) is 0 Å². The van der Waals surface area contributed by atoms with E-state index >= 15 is 0 Å². The maximum absolute atomic E-state index is 12.7. The Morgan fingerprint density at radius 2 is 1.38 bits per heavy atom. The first-order chi connectivity index (χ1) is 12.6. The van der Waals surface area contributed by atoms with Gasteiger partial charge in [-0.1, -0.05) is 38.5 Å². The van der Waals surface area contributed by atoms with Crippen LogP contribution in [0.5, 0.6) is 0 Å². The second-order valence-electron chi connectivity index (χ2n) is 7.50. The number of nitrogens with zero attached hydrogens (tertiary/aromatic N) is 1. The van der Waals surface area contributed by atoms with E-state index in [-0.39, 0.29) is 16.8 Å². The monoisotopic (exact) mass is 378 g/mol. The number of amides is 1. The maximum Gasteiger partial charge on any atom is 0.251 e. The molecule has 1 aliphatic heterocycles. The van der Waals surface area contributed by atoms with Crippen molar-refractivity contribution in [2.45, 2.75) is 75.1 Å². The molecule has 1 N–H and O–H groups in total. The molecule has 1 heterocycles. The lowest BCUT2D eigenvalue weighted by Crippen LogP contribution is -2.36. The smallest absolute Gasteiger partial charge is 0.251 e. The van der Waals surface area contributed by atoms with Crippen LogP contribution < -0.4 is 5.32 Å². The zero-order valence-electron chi connectivity index (χ0n) is 15.5. The van der Waals surface area contributed by atoms with Crippen LogP contribution in [-0.4, -0.2) is 37.8 Å². The molecule has 1 amide bonds. The van der Waals surface area contributed by atoms with E-state index in [0.717, 1.165) is 44.9 Å². The molecule has 144 valence electrons. The molecule has 2 fully saturated rings. The Hall–Kier alpha value is -1.40. The molecule has 1 aromatic rings. The van der Waals surface area contributed by atoms with Gasteiger partial charge in [-0.15, -0.1) is 0 Å². The van der Waals surface area contributed by atoms with E-state index in [1.165, 1.54) is 19.3 Å². The van der Waals surface area contributed by atoms with Gasteiger partial charge in [-0.25, -0.2) is 8.42 Å². The number of carbonyl (C=O) groups is 1. The van der Waals surface area contributed by atoms with Crippen LogP contribution in [0.1, 0.15) is 74.6 Å². The summed E-state index contributed by atoms with van der Waals surface area (Å²) in [6, 6.07) is 6.64. The van der Waals surface area contributed by atoms with Gasteiger partial charge in [0.25, 0.3) is 5.91 Å². The van der Waals surface area contributed by atoms with Crippen molar-refractivity contribution in [1.29, 1.82) is 0 Å². The Kier molecular flexibility index (Phi) is 6.70. The highest BCUT2D eigenvalue weighted by Crippen LogP contribution is 2.21. The summed E-state index contributed by atoms with van der Waals surface area (Å²) < 4.78 is 26.9. The highest BCUT2D eigenvalue weighted by Gasteiger charge is 2.26. The lowest BCUT2D eigenvalue weighted by molar-refractivity contribution is 0.0930. The molecule has 5 nitrogen and oxygen atoms in total. The Morgan fingerprint density at radius 3 is 2.00 bits per heavy atom. The molecule has 1 saturated heterocycles. The zero-order valence-corrected chi connectivity index (χ0v) is 16.3. The lowest BCUT2D eigenvalue weighted by Gasteiger charge is -2.26. The SMILES string of the molecule is O=C(NC1CCCCCCC1)c1ccc(S(=O)(=O)N2CCCCC2)cc1. The van der Waals surface area contributed by atoms with Gasteiger partial charge in [0.15, 0.2) is 0 Å². The van der Waals surface area contributed by atoms with Crippen LogP contribution in [0.3, 0.4) is 0 Å². The molecule has 0 bridgehead atoms. The van der Waals surface area contributed by atoms with Crippen LogP contribution >= 0.6 is 0 Å². The summed E-state index contributed by atoms with van der Waals surface area (Å²) in [4.78, 5) is 12.8. The minimum atomic E-state index is -3.44. The quantitative estimate of drug-likeness (QED) is 0.869. The number of piperidine rings is 1. The third kappa shape index (κ3) is 4.86. The average molecular weight is 379 g/mol. The van der Waals surface area contributed by atoms with Crippen LogP contribution in [0.4, 0.5) is 0 Å². The van der Waals surface area contributed by atoms with Crippen LogP contribution in [0.2, 0.25) is 0 Å². The van der Waals surface area contributed by atoms with Gasteiger partial charge in [-0.3, -0.25) is 4.79 Å². The van der Waals surface area contributed by atoms with Gasteiger partial charge < -0.3 is 5.32 Å². The van der Waals surface area contributed by atoms with Crippen molar-refractivity contribution < 1.29 is 13.2 Å². The molecule has 26 heavy (non-hydrogen) atoms. The molecular formula is C20H30N2O3S. The van der Waals surface area contributed by atoms with Crippen molar-refractivity contribution in [3.63, 3.8) is 0 Å². The van der Waals surface area contributed by atoms with Crippen LogP contribution in [-0.2, 0) is 10.0 Å². The molecule has 6 heteroatoms. The van der Waals surface area contributed by atoms with Gasteiger partial charge in [0, 0.05) is 24.7 Å². The molecular weight excluding hydrogens is 348 g/mol. The highest BCUT2D eigenvalue weighted by molar-refractivity contribution is 7.89.